The molecular formula is C36H33F6N5Pt. The van der Waals surface area contributed by atoms with E-state index >= 15 is 0 Å². The predicted molar refractivity (Wildman–Crippen MR) is 170 cm³/mol. The van der Waals surface area contributed by atoms with Crippen LogP contribution in [0.5, 0.6) is 0 Å². The number of aryl methyl sites for hydroxylation is 1. The third-order valence-electron chi connectivity index (χ3n) is 7.64. The first-order chi connectivity index (χ1) is 21.7. The molecule has 254 valence electrons. The van der Waals surface area contributed by atoms with E-state index in [4.69, 9.17) is 9.97 Å². The molecule has 0 fully saturated rings. The van der Waals surface area contributed by atoms with Crippen LogP contribution in [-0.4, -0.2) is 15.1 Å². The van der Waals surface area contributed by atoms with Gasteiger partial charge in [0, 0.05) is 5.69 Å². The van der Waals surface area contributed by atoms with Crippen molar-refractivity contribution in [2.24, 2.45) is 0 Å². The van der Waals surface area contributed by atoms with Gasteiger partial charge in [-0.3, -0.25) is 9.88 Å². The van der Waals surface area contributed by atoms with Crippen LogP contribution in [0.25, 0.3) is 22.6 Å². The Morgan fingerprint density at radius 3 is 1.69 bits per heavy atom. The zero-order chi connectivity index (χ0) is 34.5. The van der Waals surface area contributed by atoms with Crippen LogP contribution in [-0.2, 0) is 44.2 Å². The molecule has 0 saturated carbocycles. The summed E-state index contributed by atoms with van der Waals surface area (Å²) in [6.07, 6.45) is -9.20. The number of halogens is 6. The van der Waals surface area contributed by atoms with Gasteiger partial charge in [-0.15, -0.1) is 29.3 Å². The fourth-order valence-electron chi connectivity index (χ4n) is 4.95. The number of hydrogen-bond donors (Lipinski definition) is 0. The molecule has 0 unspecified atom stereocenters. The molecule has 5 aromatic rings. The summed E-state index contributed by atoms with van der Waals surface area (Å²) < 4.78 is 80.8. The average molecular weight is 845 g/mol. The van der Waals surface area contributed by atoms with E-state index < -0.39 is 34.4 Å². The van der Waals surface area contributed by atoms with E-state index in [1.807, 2.05) is 90.1 Å². The van der Waals surface area contributed by atoms with Crippen LogP contribution in [0.4, 0.5) is 43.7 Å². The van der Waals surface area contributed by atoms with E-state index in [-0.39, 0.29) is 32.5 Å². The maximum absolute atomic E-state index is 13.5. The van der Waals surface area contributed by atoms with E-state index in [1.54, 1.807) is 17.9 Å². The molecule has 0 radical (unpaired) electrons. The summed E-state index contributed by atoms with van der Waals surface area (Å²) >= 11 is 0. The van der Waals surface area contributed by atoms with Crippen molar-refractivity contribution in [3.8, 4) is 22.6 Å². The Morgan fingerprint density at radius 1 is 0.667 bits per heavy atom. The Morgan fingerprint density at radius 2 is 1.21 bits per heavy atom. The molecule has 0 aliphatic rings. The summed E-state index contributed by atoms with van der Waals surface area (Å²) in [7, 11) is 0. The normalized spacial score (nSPS) is 12.5. The fourth-order valence-corrected chi connectivity index (χ4v) is 4.95. The number of rotatable bonds is 5. The van der Waals surface area contributed by atoms with Gasteiger partial charge >= 0.3 is 33.4 Å². The van der Waals surface area contributed by atoms with Gasteiger partial charge in [-0.25, -0.2) is 4.98 Å². The van der Waals surface area contributed by atoms with E-state index in [2.05, 4.69) is 16.3 Å². The Bertz CT molecular complexity index is 1900. The minimum Gasteiger partial charge on any atom is -0.573 e. The smallest absolute Gasteiger partial charge is 0.573 e. The van der Waals surface area contributed by atoms with E-state index in [1.165, 1.54) is 0 Å². The van der Waals surface area contributed by atoms with Gasteiger partial charge in [-0.05, 0) is 69.6 Å². The van der Waals surface area contributed by atoms with Gasteiger partial charge < -0.3 is 10.2 Å². The molecule has 5 rings (SSSR count). The van der Waals surface area contributed by atoms with Gasteiger partial charge in [0.1, 0.15) is 17.3 Å². The third kappa shape index (κ3) is 8.00. The van der Waals surface area contributed by atoms with Crippen molar-refractivity contribution in [1.82, 2.24) is 20.2 Å². The Labute approximate surface area is 290 Å². The monoisotopic (exact) mass is 844 g/mol. The number of aromatic nitrogens is 4. The van der Waals surface area contributed by atoms with Gasteiger partial charge in [-0.1, -0.05) is 78.4 Å². The maximum atomic E-state index is 13.5. The summed E-state index contributed by atoms with van der Waals surface area (Å²) in [6.45, 7) is 13.5. The van der Waals surface area contributed by atoms with Crippen LogP contribution < -0.4 is 10.00 Å². The van der Waals surface area contributed by atoms with Crippen molar-refractivity contribution in [3.63, 3.8) is 0 Å². The second kappa shape index (κ2) is 13.1. The number of hydrogen-bond acceptors (Lipinski definition) is 4. The van der Waals surface area contributed by atoms with Crippen molar-refractivity contribution in [2.75, 3.05) is 4.90 Å². The van der Waals surface area contributed by atoms with Gasteiger partial charge in [0.25, 0.3) is 0 Å². The van der Waals surface area contributed by atoms with E-state index in [0.29, 0.717) is 34.1 Å². The van der Waals surface area contributed by atoms with Crippen LogP contribution in [0.2, 0.25) is 0 Å². The number of para-hydroxylation sites is 1. The number of alkyl halides is 6. The van der Waals surface area contributed by atoms with Crippen molar-refractivity contribution < 1.29 is 47.4 Å². The maximum Gasteiger partial charge on any atom is 2.00 e. The van der Waals surface area contributed by atoms with Crippen LogP contribution in [0, 0.1) is 13.0 Å². The first kappa shape index (κ1) is 36.8. The SMILES string of the molecule is Cc1cc(C(F)(F)F)c[c-]c1-c1cc(C(C)(C)C)cc(N(c2ccccc2)c2cc(C(C)(C)C)cc(-c3cc(C(F)(F)F)n[n-]3)n2)n1.[Pt+2]. The second-order valence-corrected chi connectivity index (χ2v) is 13.4. The van der Waals surface area contributed by atoms with Crippen LogP contribution in [0.1, 0.15) is 69.5 Å². The van der Waals surface area contributed by atoms with Crippen LogP contribution >= 0.6 is 0 Å². The molecule has 0 bridgehead atoms. The molecule has 0 amide bonds. The molecule has 3 heterocycles. The van der Waals surface area contributed by atoms with Gasteiger partial charge in [-0.2, -0.15) is 26.3 Å². The third-order valence-corrected chi connectivity index (χ3v) is 7.64. The zero-order valence-corrected chi connectivity index (χ0v) is 29.5. The summed E-state index contributed by atoms with van der Waals surface area (Å²) in [5, 5.41) is 7.15. The molecule has 3 aromatic heterocycles. The number of pyridine rings is 2. The largest absolute Gasteiger partial charge is 2.00 e. The molecule has 0 aliphatic heterocycles. The van der Waals surface area contributed by atoms with Gasteiger partial charge in [0.05, 0.1) is 5.69 Å². The number of benzene rings is 2. The number of nitrogens with zero attached hydrogens (tertiary/aromatic N) is 5. The molecule has 12 heteroatoms. The minimum absolute atomic E-state index is 0. The standard InChI is InChI=1S/C36H33F6N5.Pt/c1-21-15-22(35(37,38)39)13-14-26(21)27-16-23(33(2,3)4)18-31(43-27)47(25-11-9-8-10-12-25)32-19-24(34(5,6)7)17-28(44-32)29-20-30(46-45-29)36(40,41)42;/h8-13,15-20H,1-7H3;/q-2;+2. The first-order valence-corrected chi connectivity index (χ1v) is 14.8. The van der Waals surface area contributed by atoms with Crippen molar-refractivity contribution in [2.45, 2.75) is 71.6 Å². The van der Waals surface area contributed by atoms with Crippen molar-refractivity contribution >= 4 is 17.3 Å². The fraction of sp³-hybridized carbons (Fsp3) is 0.306. The Balaban J connectivity index is 0.00000520. The molecule has 2 aromatic carbocycles. The molecule has 0 atom stereocenters. The van der Waals surface area contributed by atoms with E-state index in [9.17, 15) is 26.3 Å². The molecule has 0 saturated heterocycles. The van der Waals surface area contributed by atoms with Crippen LogP contribution in [0.3, 0.4) is 0 Å². The molecular weight excluding hydrogens is 811 g/mol. The topological polar surface area (TPSA) is 56.0 Å². The molecule has 0 N–H and O–H groups in total. The average Bonchev–Trinajstić information content (AvgIpc) is 3.48. The zero-order valence-electron chi connectivity index (χ0n) is 27.2. The van der Waals surface area contributed by atoms with E-state index in [0.717, 1.165) is 29.3 Å². The minimum atomic E-state index is -4.67. The Hall–Kier alpha value is -3.98. The van der Waals surface area contributed by atoms with Gasteiger partial charge in [0.2, 0.25) is 0 Å². The molecule has 0 aliphatic carbocycles. The summed E-state index contributed by atoms with van der Waals surface area (Å²) in [4.78, 5) is 11.5. The van der Waals surface area contributed by atoms with Crippen molar-refractivity contribution in [1.29, 1.82) is 0 Å². The second-order valence-electron chi connectivity index (χ2n) is 13.4. The Kier molecular flexibility index (Phi) is 10.1. The summed E-state index contributed by atoms with van der Waals surface area (Å²) in [6, 6.07) is 22.1. The number of anilines is 3. The van der Waals surface area contributed by atoms with Gasteiger partial charge in [0.15, 0.2) is 0 Å². The summed E-state index contributed by atoms with van der Waals surface area (Å²) in [5.41, 5.74) is 0.801. The van der Waals surface area contributed by atoms with Crippen LogP contribution in [0.15, 0.2) is 72.8 Å². The molecule has 5 nitrogen and oxygen atoms in total. The molecule has 0 spiro atoms. The predicted octanol–water partition coefficient (Wildman–Crippen LogP) is 10.4. The quantitative estimate of drug-likeness (QED) is 0.130. The van der Waals surface area contributed by atoms with Crippen molar-refractivity contribution in [3.05, 3.63) is 107 Å². The molecule has 48 heavy (non-hydrogen) atoms. The summed E-state index contributed by atoms with van der Waals surface area (Å²) in [5.74, 6) is 0.758. The first-order valence-electron chi connectivity index (χ1n) is 14.8.